The van der Waals surface area contributed by atoms with Gasteiger partial charge in [0.05, 0.1) is 0 Å². The molecule has 2 aromatic rings. The summed E-state index contributed by atoms with van der Waals surface area (Å²) in [5.74, 6) is 0.620. The van der Waals surface area contributed by atoms with Crippen molar-refractivity contribution in [2.45, 2.75) is 54.2 Å². The van der Waals surface area contributed by atoms with Crippen LogP contribution in [0.15, 0.2) is 36.4 Å². The summed E-state index contributed by atoms with van der Waals surface area (Å²) in [5.41, 5.74) is 5.40. The molecule has 4 nitrogen and oxygen atoms in total. The molecule has 0 aliphatic carbocycles. The monoisotopic (exact) mass is 368 g/mol. The normalized spacial score (nSPS) is 12.1. The lowest BCUT2D eigenvalue weighted by Gasteiger charge is -2.19. The van der Waals surface area contributed by atoms with E-state index in [2.05, 4.69) is 49.2 Å². The smallest absolute Gasteiger partial charge is 0.265 e. The van der Waals surface area contributed by atoms with Crippen LogP contribution in [0, 0.1) is 20.8 Å². The Morgan fingerprint density at radius 2 is 1.70 bits per heavy atom. The van der Waals surface area contributed by atoms with Gasteiger partial charge in [0.25, 0.3) is 5.91 Å². The van der Waals surface area contributed by atoms with Gasteiger partial charge < -0.3 is 10.1 Å². The van der Waals surface area contributed by atoms with Gasteiger partial charge in [0.15, 0.2) is 6.10 Å². The van der Waals surface area contributed by atoms with Crippen molar-refractivity contribution < 1.29 is 9.53 Å². The molecule has 1 unspecified atom stereocenters. The van der Waals surface area contributed by atoms with Gasteiger partial charge in [-0.05, 0) is 81.2 Å². The molecule has 0 aromatic heterocycles. The molecular weight excluding hydrogens is 336 g/mol. The molecular formula is C23H32N2O2. The summed E-state index contributed by atoms with van der Waals surface area (Å²) in [4.78, 5) is 14.9. The molecule has 0 aliphatic heterocycles. The van der Waals surface area contributed by atoms with Gasteiger partial charge in [0.2, 0.25) is 0 Å². The second kappa shape index (κ2) is 9.56. The predicted octanol–water partition coefficient (Wildman–Crippen LogP) is 4.86. The number of ether oxygens (including phenoxy) is 1. The Bertz CT molecular complexity index is 765. The van der Waals surface area contributed by atoms with Crippen LogP contribution in [-0.2, 0) is 11.3 Å². The lowest BCUT2D eigenvalue weighted by atomic mass is 10.1. The molecule has 0 saturated carbocycles. The Kier molecular flexibility index (Phi) is 7.43. The fraction of sp³-hybridized carbons (Fsp3) is 0.435. The van der Waals surface area contributed by atoms with Crippen molar-refractivity contribution >= 4 is 11.6 Å². The van der Waals surface area contributed by atoms with E-state index >= 15 is 0 Å². The molecule has 0 saturated heterocycles. The maximum absolute atomic E-state index is 12.5. The Labute approximate surface area is 163 Å². The minimum atomic E-state index is -0.569. The topological polar surface area (TPSA) is 41.6 Å². The molecule has 146 valence electrons. The van der Waals surface area contributed by atoms with E-state index in [1.54, 1.807) is 6.92 Å². The molecule has 1 amide bonds. The number of hydrogen-bond donors (Lipinski definition) is 1. The zero-order valence-corrected chi connectivity index (χ0v) is 17.4. The molecule has 0 heterocycles. The first kappa shape index (κ1) is 21.0. The average Bonchev–Trinajstić information content (AvgIpc) is 2.64. The first-order valence-electron chi connectivity index (χ1n) is 9.70. The van der Waals surface area contributed by atoms with E-state index in [0.29, 0.717) is 0 Å². The van der Waals surface area contributed by atoms with E-state index in [9.17, 15) is 4.79 Å². The van der Waals surface area contributed by atoms with Gasteiger partial charge in [-0.15, -0.1) is 0 Å². The fourth-order valence-corrected chi connectivity index (χ4v) is 3.01. The molecule has 0 radical (unpaired) electrons. The Balaban J connectivity index is 1.98. The Morgan fingerprint density at radius 1 is 1.07 bits per heavy atom. The maximum Gasteiger partial charge on any atom is 0.265 e. The zero-order chi connectivity index (χ0) is 20.0. The van der Waals surface area contributed by atoms with E-state index in [-0.39, 0.29) is 5.91 Å². The SMILES string of the molecule is CCN(CC)Cc1ccc(NC(=O)C(C)Oc2cc(C)cc(C)c2C)cc1. The maximum atomic E-state index is 12.5. The molecule has 2 aromatic carbocycles. The number of benzene rings is 2. The summed E-state index contributed by atoms with van der Waals surface area (Å²) in [5, 5.41) is 2.94. The van der Waals surface area contributed by atoms with Crippen LogP contribution in [0.2, 0.25) is 0 Å². The van der Waals surface area contributed by atoms with E-state index in [1.165, 1.54) is 11.1 Å². The van der Waals surface area contributed by atoms with E-state index in [0.717, 1.165) is 42.2 Å². The number of carbonyl (C=O) groups excluding carboxylic acids is 1. The van der Waals surface area contributed by atoms with Crippen molar-refractivity contribution in [3.63, 3.8) is 0 Å². The van der Waals surface area contributed by atoms with Crippen molar-refractivity contribution in [1.29, 1.82) is 0 Å². The average molecular weight is 369 g/mol. The van der Waals surface area contributed by atoms with Gasteiger partial charge in [-0.25, -0.2) is 0 Å². The molecule has 0 aliphatic rings. The lowest BCUT2D eigenvalue weighted by molar-refractivity contribution is -0.122. The van der Waals surface area contributed by atoms with Crippen LogP contribution in [0.3, 0.4) is 0 Å². The highest BCUT2D eigenvalue weighted by Gasteiger charge is 2.17. The van der Waals surface area contributed by atoms with Crippen LogP contribution < -0.4 is 10.1 Å². The quantitative estimate of drug-likeness (QED) is 0.723. The zero-order valence-electron chi connectivity index (χ0n) is 17.4. The molecule has 0 bridgehead atoms. The van der Waals surface area contributed by atoms with Crippen molar-refractivity contribution in [3.05, 3.63) is 58.7 Å². The number of nitrogens with zero attached hydrogens (tertiary/aromatic N) is 1. The summed E-state index contributed by atoms with van der Waals surface area (Å²) in [6, 6.07) is 12.1. The molecule has 2 rings (SSSR count). The number of amides is 1. The minimum Gasteiger partial charge on any atom is -0.481 e. The van der Waals surface area contributed by atoms with Crippen LogP contribution in [0.4, 0.5) is 5.69 Å². The number of hydrogen-bond acceptors (Lipinski definition) is 3. The molecule has 4 heteroatoms. The standard InChI is InChI=1S/C23H32N2O2/c1-7-25(8-2)15-20-9-11-21(12-10-20)24-23(26)19(6)27-22-14-16(3)13-17(4)18(22)5/h9-14,19H,7-8,15H2,1-6H3,(H,24,26). The summed E-state index contributed by atoms with van der Waals surface area (Å²) in [7, 11) is 0. The highest BCUT2D eigenvalue weighted by molar-refractivity contribution is 5.94. The van der Waals surface area contributed by atoms with Gasteiger partial charge in [-0.2, -0.15) is 0 Å². The second-order valence-corrected chi connectivity index (χ2v) is 7.11. The molecule has 1 N–H and O–H groups in total. The molecule has 27 heavy (non-hydrogen) atoms. The minimum absolute atomic E-state index is 0.148. The third kappa shape index (κ3) is 5.83. The highest BCUT2D eigenvalue weighted by atomic mass is 16.5. The number of anilines is 1. The van der Waals surface area contributed by atoms with Gasteiger partial charge in [-0.1, -0.05) is 32.0 Å². The largest absolute Gasteiger partial charge is 0.481 e. The van der Waals surface area contributed by atoms with Gasteiger partial charge in [0, 0.05) is 12.2 Å². The summed E-state index contributed by atoms with van der Waals surface area (Å²) >= 11 is 0. The van der Waals surface area contributed by atoms with Crippen molar-refractivity contribution in [2.24, 2.45) is 0 Å². The van der Waals surface area contributed by atoms with Crippen molar-refractivity contribution in [1.82, 2.24) is 4.90 Å². The predicted molar refractivity (Wildman–Crippen MR) is 112 cm³/mol. The van der Waals surface area contributed by atoms with Crippen LogP contribution >= 0.6 is 0 Å². The molecule has 1 atom stereocenters. The Hall–Kier alpha value is -2.33. The number of rotatable bonds is 8. The fourth-order valence-electron chi connectivity index (χ4n) is 3.01. The summed E-state index contributed by atoms with van der Waals surface area (Å²) < 4.78 is 5.93. The van der Waals surface area contributed by atoms with Gasteiger partial charge >= 0.3 is 0 Å². The van der Waals surface area contributed by atoms with Crippen LogP contribution in [0.1, 0.15) is 43.0 Å². The van der Waals surface area contributed by atoms with Crippen molar-refractivity contribution in [2.75, 3.05) is 18.4 Å². The number of aryl methyl sites for hydroxylation is 2. The number of carbonyl (C=O) groups is 1. The summed E-state index contributed by atoms with van der Waals surface area (Å²) in [6.45, 7) is 15.2. The second-order valence-electron chi connectivity index (χ2n) is 7.11. The first-order valence-corrected chi connectivity index (χ1v) is 9.70. The van der Waals surface area contributed by atoms with Crippen molar-refractivity contribution in [3.8, 4) is 5.75 Å². The first-order chi connectivity index (χ1) is 12.8. The van der Waals surface area contributed by atoms with Gasteiger partial charge in [-0.3, -0.25) is 9.69 Å². The van der Waals surface area contributed by atoms with Crippen LogP contribution in [0.25, 0.3) is 0 Å². The summed E-state index contributed by atoms with van der Waals surface area (Å²) in [6.07, 6.45) is -0.569. The molecule has 0 spiro atoms. The molecule has 0 fully saturated rings. The highest BCUT2D eigenvalue weighted by Crippen LogP contribution is 2.24. The lowest BCUT2D eigenvalue weighted by Crippen LogP contribution is -2.30. The third-order valence-electron chi connectivity index (χ3n) is 4.96. The Morgan fingerprint density at radius 3 is 2.30 bits per heavy atom. The van der Waals surface area contributed by atoms with Crippen LogP contribution in [-0.4, -0.2) is 30.0 Å². The van der Waals surface area contributed by atoms with Crippen LogP contribution in [0.5, 0.6) is 5.75 Å². The van der Waals surface area contributed by atoms with E-state index in [1.807, 2.05) is 32.0 Å². The van der Waals surface area contributed by atoms with E-state index < -0.39 is 6.10 Å². The third-order valence-corrected chi connectivity index (χ3v) is 4.96. The number of nitrogens with one attached hydrogen (secondary N) is 1. The van der Waals surface area contributed by atoms with Gasteiger partial charge in [0.1, 0.15) is 5.75 Å². The van der Waals surface area contributed by atoms with E-state index in [4.69, 9.17) is 4.74 Å².